The Labute approximate surface area is 115 Å². The largest absolute Gasteiger partial charge is 0.344 e. The Balaban J connectivity index is 2.46. The van der Waals surface area contributed by atoms with E-state index in [1.54, 1.807) is 0 Å². The van der Waals surface area contributed by atoms with Gasteiger partial charge < -0.3 is 10.6 Å². The van der Waals surface area contributed by atoms with Gasteiger partial charge >= 0.3 is 0 Å². The summed E-state index contributed by atoms with van der Waals surface area (Å²) < 4.78 is 0. The van der Waals surface area contributed by atoms with Crippen molar-refractivity contribution in [3.8, 4) is 0 Å². The molecule has 0 radical (unpaired) electrons. The molecule has 0 saturated carbocycles. The Bertz CT molecular complexity index is 553. The zero-order chi connectivity index (χ0) is 14.0. The number of nitrogens with two attached hydrogens (primary N) is 1. The third-order valence-corrected chi connectivity index (χ3v) is 3.38. The molecule has 1 atom stereocenters. The number of benzene rings is 2. The van der Waals surface area contributed by atoms with E-state index in [-0.39, 0.29) is 6.04 Å². The second-order valence-electron chi connectivity index (χ2n) is 5.25. The molecule has 0 heterocycles. The Kier molecular flexibility index (Phi) is 3.91. The lowest BCUT2D eigenvalue weighted by atomic mass is 10.0. The van der Waals surface area contributed by atoms with E-state index in [1.807, 2.05) is 13.0 Å². The van der Waals surface area contributed by atoms with Crippen LogP contribution >= 0.6 is 0 Å². The lowest BCUT2D eigenvalue weighted by Crippen LogP contribution is -2.15. The van der Waals surface area contributed by atoms with E-state index in [4.69, 9.17) is 5.73 Å². The summed E-state index contributed by atoms with van der Waals surface area (Å²) in [4.78, 5) is 2.21. The fourth-order valence-corrected chi connectivity index (χ4v) is 2.46. The van der Waals surface area contributed by atoms with E-state index in [9.17, 15) is 0 Å². The molecule has 0 spiro atoms. The summed E-state index contributed by atoms with van der Waals surface area (Å²) in [7, 11) is 2.09. The van der Waals surface area contributed by atoms with Crippen LogP contribution in [0.2, 0.25) is 0 Å². The Morgan fingerprint density at radius 1 is 1.00 bits per heavy atom. The fourth-order valence-electron chi connectivity index (χ4n) is 2.46. The molecule has 0 aliphatic carbocycles. The molecule has 2 heteroatoms. The van der Waals surface area contributed by atoms with Crippen LogP contribution < -0.4 is 10.6 Å². The number of rotatable bonds is 3. The van der Waals surface area contributed by atoms with Crippen molar-refractivity contribution in [1.29, 1.82) is 0 Å². The van der Waals surface area contributed by atoms with Crippen LogP contribution in [0.5, 0.6) is 0 Å². The van der Waals surface area contributed by atoms with Gasteiger partial charge in [0.15, 0.2) is 0 Å². The minimum Gasteiger partial charge on any atom is -0.344 e. The van der Waals surface area contributed by atoms with E-state index >= 15 is 0 Å². The van der Waals surface area contributed by atoms with E-state index < -0.39 is 0 Å². The summed E-state index contributed by atoms with van der Waals surface area (Å²) in [6, 6.07) is 14.9. The first kappa shape index (κ1) is 13.6. The quantitative estimate of drug-likeness (QED) is 0.893. The second-order valence-corrected chi connectivity index (χ2v) is 5.25. The second kappa shape index (κ2) is 5.45. The van der Waals surface area contributed by atoms with Gasteiger partial charge in [-0.15, -0.1) is 0 Å². The van der Waals surface area contributed by atoms with E-state index in [1.165, 1.54) is 28.1 Å². The van der Waals surface area contributed by atoms with Crippen molar-refractivity contribution in [3.63, 3.8) is 0 Å². The van der Waals surface area contributed by atoms with Crippen molar-refractivity contribution < 1.29 is 0 Å². The number of nitrogens with zero attached hydrogens (tertiary/aromatic N) is 1. The average molecular weight is 254 g/mol. The van der Waals surface area contributed by atoms with Gasteiger partial charge in [0, 0.05) is 24.5 Å². The smallest absolute Gasteiger partial charge is 0.0456 e. The predicted molar refractivity (Wildman–Crippen MR) is 83.0 cm³/mol. The summed E-state index contributed by atoms with van der Waals surface area (Å²) in [6.45, 7) is 6.28. The highest BCUT2D eigenvalue weighted by molar-refractivity contribution is 5.67. The molecular weight excluding hydrogens is 232 g/mol. The fraction of sp³-hybridized carbons (Fsp3) is 0.294. The van der Waals surface area contributed by atoms with Gasteiger partial charge in [0.1, 0.15) is 0 Å². The normalized spacial score (nSPS) is 12.3. The van der Waals surface area contributed by atoms with Crippen molar-refractivity contribution in [1.82, 2.24) is 0 Å². The molecule has 0 fully saturated rings. The molecule has 19 heavy (non-hydrogen) atoms. The monoisotopic (exact) mass is 254 g/mol. The highest BCUT2D eigenvalue weighted by atomic mass is 15.1. The molecule has 0 amide bonds. The molecule has 0 aliphatic heterocycles. The maximum Gasteiger partial charge on any atom is 0.0456 e. The maximum atomic E-state index is 6.06. The Morgan fingerprint density at radius 2 is 1.58 bits per heavy atom. The van der Waals surface area contributed by atoms with E-state index in [0.29, 0.717) is 0 Å². The van der Waals surface area contributed by atoms with Gasteiger partial charge in [0.05, 0.1) is 0 Å². The van der Waals surface area contributed by atoms with E-state index in [0.717, 1.165) is 0 Å². The summed E-state index contributed by atoms with van der Waals surface area (Å²) in [5.41, 5.74) is 12.2. The molecule has 0 aromatic heterocycles. The third kappa shape index (κ3) is 2.96. The van der Waals surface area contributed by atoms with E-state index in [2.05, 4.69) is 62.2 Å². The number of hydrogen-bond donors (Lipinski definition) is 1. The zero-order valence-electron chi connectivity index (χ0n) is 12.1. The van der Waals surface area contributed by atoms with Crippen LogP contribution in [-0.4, -0.2) is 7.05 Å². The number of hydrogen-bond acceptors (Lipinski definition) is 2. The molecule has 2 rings (SSSR count). The van der Waals surface area contributed by atoms with Gasteiger partial charge in [-0.25, -0.2) is 0 Å². The Hall–Kier alpha value is -1.80. The molecule has 2 aromatic carbocycles. The van der Waals surface area contributed by atoms with Crippen molar-refractivity contribution >= 4 is 11.4 Å². The van der Waals surface area contributed by atoms with Crippen molar-refractivity contribution in [2.45, 2.75) is 26.8 Å². The SMILES string of the molecule is Cc1cc(C)cc(N(C)c2ccccc2[C@H](C)N)c1. The van der Waals surface area contributed by atoms with Gasteiger partial charge in [-0.05, 0) is 55.7 Å². The summed E-state index contributed by atoms with van der Waals surface area (Å²) in [5, 5.41) is 0. The van der Waals surface area contributed by atoms with Crippen LogP contribution in [0.25, 0.3) is 0 Å². The summed E-state index contributed by atoms with van der Waals surface area (Å²) in [5.74, 6) is 0. The third-order valence-electron chi connectivity index (χ3n) is 3.38. The highest BCUT2D eigenvalue weighted by Gasteiger charge is 2.11. The van der Waals surface area contributed by atoms with Gasteiger partial charge in [0.2, 0.25) is 0 Å². The lowest BCUT2D eigenvalue weighted by Gasteiger charge is -2.24. The van der Waals surface area contributed by atoms with Gasteiger partial charge in [-0.2, -0.15) is 0 Å². The van der Waals surface area contributed by atoms with Gasteiger partial charge in [-0.1, -0.05) is 24.3 Å². The summed E-state index contributed by atoms with van der Waals surface area (Å²) in [6.07, 6.45) is 0. The van der Waals surface area contributed by atoms with Gasteiger partial charge in [-0.3, -0.25) is 0 Å². The minimum absolute atomic E-state index is 0.0320. The molecule has 100 valence electrons. The van der Waals surface area contributed by atoms with Crippen LogP contribution in [0, 0.1) is 13.8 Å². The van der Waals surface area contributed by atoms with Crippen molar-refractivity contribution in [3.05, 3.63) is 59.2 Å². The summed E-state index contributed by atoms with van der Waals surface area (Å²) >= 11 is 0. The number of aryl methyl sites for hydroxylation is 2. The Morgan fingerprint density at radius 3 is 2.16 bits per heavy atom. The van der Waals surface area contributed by atoms with Crippen LogP contribution in [0.4, 0.5) is 11.4 Å². The minimum atomic E-state index is 0.0320. The maximum absolute atomic E-state index is 6.06. The first-order valence-electron chi connectivity index (χ1n) is 6.65. The molecule has 2 nitrogen and oxygen atoms in total. The number of anilines is 2. The van der Waals surface area contributed by atoms with Crippen molar-refractivity contribution in [2.24, 2.45) is 5.73 Å². The first-order valence-corrected chi connectivity index (χ1v) is 6.65. The standard InChI is InChI=1S/C17H22N2/c1-12-9-13(2)11-15(10-12)19(4)17-8-6-5-7-16(17)14(3)18/h5-11,14H,18H2,1-4H3/t14-/m0/s1. The van der Waals surface area contributed by atoms with Crippen LogP contribution in [0.1, 0.15) is 29.7 Å². The molecule has 0 aliphatic rings. The molecule has 0 saturated heterocycles. The molecule has 2 aromatic rings. The zero-order valence-corrected chi connectivity index (χ0v) is 12.1. The topological polar surface area (TPSA) is 29.3 Å². The number of para-hydroxylation sites is 1. The van der Waals surface area contributed by atoms with Crippen LogP contribution in [0.15, 0.2) is 42.5 Å². The predicted octanol–water partition coefficient (Wildman–Crippen LogP) is 4.09. The lowest BCUT2D eigenvalue weighted by molar-refractivity contribution is 0.815. The highest BCUT2D eigenvalue weighted by Crippen LogP contribution is 2.30. The molecular formula is C17H22N2. The van der Waals surface area contributed by atoms with Gasteiger partial charge in [0.25, 0.3) is 0 Å². The van der Waals surface area contributed by atoms with Crippen molar-refractivity contribution in [2.75, 3.05) is 11.9 Å². The molecule has 2 N–H and O–H groups in total. The van der Waals surface area contributed by atoms with Crippen LogP contribution in [0.3, 0.4) is 0 Å². The molecule has 0 bridgehead atoms. The first-order chi connectivity index (χ1) is 8.99. The molecule has 0 unspecified atom stereocenters. The van der Waals surface area contributed by atoms with Crippen LogP contribution in [-0.2, 0) is 0 Å². The average Bonchev–Trinajstić information content (AvgIpc) is 2.36.